The number of likely N-dealkylation sites (tertiary alicyclic amines) is 1. The minimum atomic E-state index is -0.978. The van der Waals surface area contributed by atoms with Gasteiger partial charge in [0.2, 0.25) is 5.91 Å². The van der Waals surface area contributed by atoms with Crippen LogP contribution in [0.4, 0.5) is 0 Å². The van der Waals surface area contributed by atoms with Crippen molar-refractivity contribution in [1.82, 2.24) is 4.90 Å². The van der Waals surface area contributed by atoms with Crippen molar-refractivity contribution in [3.05, 3.63) is 22.4 Å². The SMILES string of the molecule is CCC1(C(=O)O)CCCN1C(=O)Cc1cccs1. The first-order valence-corrected chi connectivity index (χ1v) is 7.04. The Kier molecular flexibility index (Phi) is 3.71. The highest BCUT2D eigenvalue weighted by Crippen LogP contribution is 2.33. The van der Waals surface area contributed by atoms with Gasteiger partial charge in [0, 0.05) is 11.4 Å². The summed E-state index contributed by atoms with van der Waals surface area (Å²) in [4.78, 5) is 26.3. The average molecular weight is 267 g/mol. The first kappa shape index (κ1) is 13.1. The highest BCUT2D eigenvalue weighted by Gasteiger charge is 2.48. The van der Waals surface area contributed by atoms with Gasteiger partial charge in [0.15, 0.2) is 0 Å². The Labute approximate surface area is 110 Å². The molecule has 0 aromatic carbocycles. The van der Waals surface area contributed by atoms with E-state index in [1.807, 2.05) is 24.4 Å². The van der Waals surface area contributed by atoms with E-state index >= 15 is 0 Å². The zero-order chi connectivity index (χ0) is 13.2. The average Bonchev–Trinajstić information content (AvgIpc) is 2.96. The van der Waals surface area contributed by atoms with Gasteiger partial charge in [-0.05, 0) is 30.7 Å². The molecule has 1 aliphatic heterocycles. The molecule has 5 heteroatoms. The molecule has 1 amide bonds. The second-order valence-corrected chi connectivity index (χ2v) is 5.63. The molecule has 1 unspecified atom stereocenters. The normalized spacial score (nSPS) is 23.3. The van der Waals surface area contributed by atoms with Crippen molar-refractivity contribution in [2.24, 2.45) is 0 Å². The largest absolute Gasteiger partial charge is 0.479 e. The van der Waals surface area contributed by atoms with Gasteiger partial charge in [-0.25, -0.2) is 4.79 Å². The van der Waals surface area contributed by atoms with Crippen LogP contribution < -0.4 is 0 Å². The number of thiophene rings is 1. The number of aliphatic carboxylic acids is 1. The molecule has 4 nitrogen and oxygen atoms in total. The van der Waals surface area contributed by atoms with Gasteiger partial charge < -0.3 is 10.0 Å². The minimum absolute atomic E-state index is 0.0702. The first-order chi connectivity index (χ1) is 8.60. The van der Waals surface area contributed by atoms with Crippen LogP contribution in [0.25, 0.3) is 0 Å². The first-order valence-electron chi connectivity index (χ1n) is 6.16. The summed E-state index contributed by atoms with van der Waals surface area (Å²) < 4.78 is 0. The van der Waals surface area contributed by atoms with Crippen molar-refractivity contribution in [2.45, 2.75) is 38.1 Å². The molecule has 0 saturated carbocycles. The van der Waals surface area contributed by atoms with Crippen LogP contribution in [0.1, 0.15) is 31.1 Å². The lowest BCUT2D eigenvalue weighted by Crippen LogP contribution is -2.53. The summed E-state index contributed by atoms with van der Waals surface area (Å²) in [6.07, 6.45) is 2.12. The van der Waals surface area contributed by atoms with E-state index in [0.29, 0.717) is 25.8 Å². The van der Waals surface area contributed by atoms with Crippen LogP contribution in [0.3, 0.4) is 0 Å². The van der Waals surface area contributed by atoms with Gasteiger partial charge >= 0.3 is 5.97 Å². The van der Waals surface area contributed by atoms with E-state index in [1.54, 1.807) is 4.90 Å². The molecular formula is C13H17NO3S. The Morgan fingerprint density at radius 1 is 1.56 bits per heavy atom. The topological polar surface area (TPSA) is 57.6 Å². The van der Waals surface area contributed by atoms with Crippen molar-refractivity contribution < 1.29 is 14.7 Å². The van der Waals surface area contributed by atoms with Gasteiger partial charge in [0.1, 0.15) is 5.54 Å². The standard InChI is InChI=1S/C13H17NO3S/c1-2-13(12(16)17)6-4-7-14(13)11(15)9-10-5-3-8-18-10/h3,5,8H,2,4,6-7,9H2,1H3,(H,16,17). The Bertz CT molecular complexity index is 443. The fourth-order valence-corrected chi connectivity index (χ4v) is 3.34. The zero-order valence-corrected chi connectivity index (χ0v) is 11.2. The number of hydrogen-bond acceptors (Lipinski definition) is 3. The summed E-state index contributed by atoms with van der Waals surface area (Å²) in [7, 11) is 0. The Hall–Kier alpha value is -1.36. The predicted molar refractivity (Wildman–Crippen MR) is 69.6 cm³/mol. The second-order valence-electron chi connectivity index (χ2n) is 4.60. The number of amides is 1. The summed E-state index contributed by atoms with van der Waals surface area (Å²) in [6.45, 7) is 2.40. The number of carboxylic acids is 1. The maximum absolute atomic E-state index is 12.3. The fourth-order valence-electron chi connectivity index (χ4n) is 2.64. The van der Waals surface area contributed by atoms with Gasteiger partial charge in [-0.3, -0.25) is 4.79 Å². The van der Waals surface area contributed by atoms with Crippen LogP contribution in [-0.4, -0.2) is 34.0 Å². The molecule has 1 aliphatic rings. The van der Waals surface area contributed by atoms with Crippen LogP contribution in [0.2, 0.25) is 0 Å². The van der Waals surface area contributed by atoms with E-state index in [0.717, 1.165) is 11.3 Å². The molecule has 1 saturated heterocycles. The van der Waals surface area contributed by atoms with Crippen LogP contribution in [-0.2, 0) is 16.0 Å². The lowest BCUT2D eigenvalue weighted by Gasteiger charge is -2.33. The molecular weight excluding hydrogens is 250 g/mol. The van der Waals surface area contributed by atoms with Crippen molar-refractivity contribution >= 4 is 23.2 Å². The maximum atomic E-state index is 12.3. The summed E-state index contributed by atoms with van der Waals surface area (Å²) >= 11 is 1.53. The molecule has 0 bridgehead atoms. The Morgan fingerprint density at radius 3 is 2.89 bits per heavy atom. The van der Waals surface area contributed by atoms with E-state index in [9.17, 15) is 14.7 Å². The number of carbonyl (C=O) groups is 2. The molecule has 2 heterocycles. The van der Waals surface area contributed by atoms with Gasteiger partial charge in [0.05, 0.1) is 6.42 Å². The van der Waals surface area contributed by atoms with Crippen LogP contribution >= 0.6 is 11.3 Å². The lowest BCUT2D eigenvalue weighted by molar-refractivity contribution is -0.156. The Morgan fingerprint density at radius 2 is 2.33 bits per heavy atom. The summed E-state index contributed by atoms with van der Waals surface area (Å²) in [5.41, 5.74) is -0.978. The molecule has 0 aliphatic carbocycles. The third-order valence-corrected chi connectivity index (χ3v) is 4.55. The number of carboxylic acid groups (broad SMARTS) is 1. The van der Waals surface area contributed by atoms with E-state index in [1.165, 1.54) is 11.3 Å². The smallest absolute Gasteiger partial charge is 0.329 e. The molecule has 1 aromatic heterocycles. The third kappa shape index (κ3) is 2.14. The van der Waals surface area contributed by atoms with Crippen LogP contribution in [0.15, 0.2) is 17.5 Å². The van der Waals surface area contributed by atoms with Crippen LogP contribution in [0.5, 0.6) is 0 Å². The predicted octanol–water partition coefficient (Wildman–Crippen LogP) is 2.15. The lowest BCUT2D eigenvalue weighted by atomic mass is 9.93. The summed E-state index contributed by atoms with van der Waals surface area (Å²) in [5.74, 6) is -0.943. The highest BCUT2D eigenvalue weighted by molar-refractivity contribution is 7.10. The molecule has 0 radical (unpaired) electrons. The molecule has 1 fully saturated rings. The number of carbonyl (C=O) groups excluding carboxylic acids is 1. The van der Waals surface area contributed by atoms with Crippen molar-refractivity contribution in [2.75, 3.05) is 6.54 Å². The zero-order valence-electron chi connectivity index (χ0n) is 10.4. The number of hydrogen-bond donors (Lipinski definition) is 1. The second kappa shape index (κ2) is 5.10. The van der Waals surface area contributed by atoms with Crippen molar-refractivity contribution in [3.8, 4) is 0 Å². The third-order valence-electron chi connectivity index (χ3n) is 3.68. The van der Waals surface area contributed by atoms with Crippen LogP contribution in [0, 0.1) is 0 Å². The molecule has 1 atom stereocenters. The molecule has 98 valence electrons. The molecule has 0 spiro atoms. The molecule has 2 rings (SSSR count). The van der Waals surface area contributed by atoms with Gasteiger partial charge in [-0.15, -0.1) is 11.3 Å². The van der Waals surface area contributed by atoms with Gasteiger partial charge in [0.25, 0.3) is 0 Å². The van der Waals surface area contributed by atoms with E-state index in [-0.39, 0.29) is 5.91 Å². The van der Waals surface area contributed by atoms with Gasteiger partial charge in [-0.2, -0.15) is 0 Å². The fraction of sp³-hybridized carbons (Fsp3) is 0.538. The molecule has 18 heavy (non-hydrogen) atoms. The quantitative estimate of drug-likeness (QED) is 0.909. The van der Waals surface area contributed by atoms with Crippen molar-refractivity contribution in [3.63, 3.8) is 0 Å². The van der Waals surface area contributed by atoms with E-state index in [2.05, 4.69) is 0 Å². The highest BCUT2D eigenvalue weighted by atomic mass is 32.1. The minimum Gasteiger partial charge on any atom is -0.479 e. The molecule has 1 N–H and O–H groups in total. The van der Waals surface area contributed by atoms with Crippen molar-refractivity contribution in [1.29, 1.82) is 0 Å². The van der Waals surface area contributed by atoms with E-state index in [4.69, 9.17) is 0 Å². The molecule has 1 aromatic rings. The van der Waals surface area contributed by atoms with Gasteiger partial charge in [-0.1, -0.05) is 13.0 Å². The van der Waals surface area contributed by atoms with E-state index < -0.39 is 11.5 Å². The number of rotatable bonds is 4. The Balaban J connectivity index is 2.16. The summed E-state index contributed by atoms with van der Waals surface area (Å²) in [5, 5.41) is 11.3. The summed E-state index contributed by atoms with van der Waals surface area (Å²) in [6, 6.07) is 3.81. The number of nitrogens with zero attached hydrogens (tertiary/aromatic N) is 1. The monoisotopic (exact) mass is 267 g/mol. The maximum Gasteiger partial charge on any atom is 0.329 e.